The van der Waals surface area contributed by atoms with E-state index in [4.69, 9.17) is 0 Å². The summed E-state index contributed by atoms with van der Waals surface area (Å²) in [4.78, 5) is 0. The minimum Gasteiger partial charge on any atom is -0.0625 e. The summed E-state index contributed by atoms with van der Waals surface area (Å²) in [6.07, 6.45) is 15.3. The van der Waals surface area contributed by atoms with E-state index in [9.17, 15) is 0 Å². The van der Waals surface area contributed by atoms with Crippen LogP contribution in [0.2, 0.25) is 0 Å². The largest absolute Gasteiger partial charge is 0.0625 e. The van der Waals surface area contributed by atoms with E-state index < -0.39 is 0 Å². The van der Waals surface area contributed by atoms with Gasteiger partial charge in [0.2, 0.25) is 0 Å². The summed E-state index contributed by atoms with van der Waals surface area (Å²) >= 11 is 0. The number of fused-ring (bicyclic) bond motifs is 3. The minimum atomic E-state index is 0.517. The van der Waals surface area contributed by atoms with Crippen molar-refractivity contribution in [3.8, 4) is 0 Å². The van der Waals surface area contributed by atoms with Gasteiger partial charge in [-0.3, -0.25) is 0 Å². The van der Waals surface area contributed by atoms with Crippen molar-refractivity contribution in [2.75, 3.05) is 0 Å². The summed E-state index contributed by atoms with van der Waals surface area (Å²) in [5.74, 6) is 8.28. The van der Waals surface area contributed by atoms with Crippen LogP contribution in [0.15, 0.2) is 0 Å². The van der Waals surface area contributed by atoms with Gasteiger partial charge in [0.25, 0.3) is 0 Å². The molecule has 0 radical (unpaired) electrons. The van der Waals surface area contributed by atoms with Gasteiger partial charge in [0, 0.05) is 0 Å². The second kappa shape index (κ2) is 6.81. The first-order valence-electron chi connectivity index (χ1n) is 12.2. The Morgan fingerprint density at radius 2 is 1.19 bits per heavy atom. The van der Waals surface area contributed by atoms with Crippen molar-refractivity contribution in [3.05, 3.63) is 0 Å². The molecule has 0 aromatic carbocycles. The van der Waals surface area contributed by atoms with Gasteiger partial charge < -0.3 is 0 Å². The highest BCUT2D eigenvalue weighted by molar-refractivity contribution is 5.07. The highest BCUT2D eigenvalue weighted by Crippen LogP contribution is 2.65. The van der Waals surface area contributed by atoms with Gasteiger partial charge in [-0.2, -0.15) is 0 Å². The molecule has 0 spiro atoms. The van der Waals surface area contributed by atoms with Crippen LogP contribution in [-0.4, -0.2) is 0 Å². The molecule has 4 rings (SSSR count). The van der Waals surface area contributed by atoms with Gasteiger partial charge in [-0.1, -0.05) is 60.8 Å². The van der Waals surface area contributed by atoms with Crippen molar-refractivity contribution in [2.24, 2.45) is 58.2 Å². The molecule has 0 heteroatoms. The SMILES string of the molecule is CC1CCC(C(C)(C)C2C3CCCCC3C3CC(C(C)(C)C)CCC32)C1. The molecule has 0 aromatic rings. The zero-order valence-electron chi connectivity index (χ0n) is 18.7. The van der Waals surface area contributed by atoms with E-state index >= 15 is 0 Å². The van der Waals surface area contributed by atoms with Gasteiger partial charge in [0.15, 0.2) is 0 Å². The van der Waals surface area contributed by atoms with Crippen molar-refractivity contribution in [3.63, 3.8) is 0 Å². The van der Waals surface area contributed by atoms with Gasteiger partial charge >= 0.3 is 0 Å². The summed E-state index contributed by atoms with van der Waals surface area (Å²) in [7, 11) is 0. The molecular weight excluding hydrogens is 312 g/mol. The molecule has 0 heterocycles. The van der Waals surface area contributed by atoms with E-state index in [2.05, 4.69) is 41.5 Å². The van der Waals surface area contributed by atoms with E-state index in [0.29, 0.717) is 10.8 Å². The fourth-order valence-electron chi connectivity index (χ4n) is 8.70. The fraction of sp³-hybridized carbons (Fsp3) is 1.00. The van der Waals surface area contributed by atoms with Gasteiger partial charge in [-0.25, -0.2) is 0 Å². The quantitative estimate of drug-likeness (QED) is 0.469. The Hall–Kier alpha value is 0. The van der Waals surface area contributed by atoms with Crippen LogP contribution >= 0.6 is 0 Å². The molecule has 0 aromatic heterocycles. The van der Waals surface area contributed by atoms with Crippen molar-refractivity contribution >= 4 is 0 Å². The molecular formula is C26H46. The molecule has 4 saturated carbocycles. The van der Waals surface area contributed by atoms with Crippen molar-refractivity contribution in [1.29, 1.82) is 0 Å². The summed E-state index contributed by atoms with van der Waals surface area (Å²) < 4.78 is 0. The average molecular weight is 359 g/mol. The molecule has 0 amide bonds. The van der Waals surface area contributed by atoms with E-state index in [-0.39, 0.29) is 0 Å². The first kappa shape index (κ1) is 19.3. The molecule has 26 heavy (non-hydrogen) atoms. The predicted molar refractivity (Wildman–Crippen MR) is 113 cm³/mol. The van der Waals surface area contributed by atoms with E-state index in [1.165, 1.54) is 38.5 Å². The zero-order valence-corrected chi connectivity index (χ0v) is 18.7. The second-order valence-corrected chi connectivity index (χ2v) is 12.8. The monoisotopic (exact) mass is 358 g/mol. The average Bonchev–Trinajstić information content (AvgIpc) is 3.15. The molecule has 150 valence electrons. The molecule has 8 unspecified atom stereocenters. The molecule has 0 nitrogen and oxygen atoms in total. The lowest BCUT2D eigenvalue weighted by molar-refractivity contribution is 0.0172. The molecule has 0 aliphatic heterocycles. The topological polar surface area (TPSA) is 0 Å². The van der Waals surface area contributed by atoms with Crippen LogP contribution in [0.4, 0.5) is 0 Å². The van der Waals surface area contributed by atoms with Crippen LogP contribution < -0.4 is 0 Å². The van der Waals surface area contributed by atoms with E-state index in [1.807, 2.05) is 0 Å². The molecule has 0 bridgehead atoms. The van der Waals surface area contributed by atoms with E-state index in [0.717, 1.165) is 47.3 Å². The lowest BCUT2D eigenvalue weighted by Crippen LogP contribution is -2.40. The van der Waals surface area contributed by atoms with Crippen molar-refractivity contribution < 1.29 is 0 Å². The number of hydrogen-bond donors (Lipinski definition) is 0. The third-order valence-electron chi connectivity index (χ3n) is 10.1. The minimum absolute atomic E-state index is 0.517. The van der Waals surface area contributed by atoms with Crippen LogP contribution in [0.3, 0.4) is 0 Å². The van der Waals surface area contributed by atoms with Gasteiger partial charge in [-0.05, 0) is 103 Å². The van der Waals surface area contributed by atoms with E-state index in [1.54, 1.807) is 25.7 Å². The summed E-state index contributed by atoms with van der Waals surface area (Å²) in [5.41, 5.74) is 1.10. The Labute approximate surface area is 164 Å². The lowest BCUT2D eigenvalue weighted by Gasteiger charge is -2.47. The van der Waals surface area contributed by atoms with Crippen LogP contribution in [0.25, 0.3) is 0 Å². The molecule has 4 fully saturated rings. The summed E-state index contributed by atoms with van der Waals surface area (Å²) in [6.45, 7) is 15.5. The lowest BCUT2D eigenvalue weighted by atomic mass is 9.58. The fourth-order valence-corrected chi connectivity index (χ4v) is 8.70. The van der Waals surface area contributed by atoms with Gasteiger partial charge in [0.1, 0.15) is 0 Å². The predicted octanol–water partition coefficient (Wildman–Crippen LogP) is 7.96. The van der Waals surface area contributed by atoms with Gasteiger partial charge in [-0.15, -0.1) is 0 Å². The highest BCUT2D eigenvalue weighted by Gasteiger charge is 2.58. The van der Waals surface area contributed by atoms with Crippen molar-refractivity contribution in [1.82, 2.24) is 0 Å². The molecule has 4 aliphatic carbocycles. The Kier molecular flexibility index (Phi) is 5.06. The maximum atomic E-state index is 2.71. The standard InChI is InChI=1S/C26H46/c1-17-11-12-19(15-17)26(5,6)24-21-10-8-7-9-20(21)23-16-18(25(2,3)4)13-14-22(23)24/h17-24H,7-16H2,1-6H3. The third-order valence-corrected chi connectivity index (χ3v) is 10.1. The second-order valence-electron chi connectivity index (χ2n) is 12.8. The van der Waals surface area contributed by atoms with Gasteiger partial charge in [0.05, 0.1) is 0 Å². The van der Waals surface area contributed by atoms with Crippen LogP contribution in [0.1, 0.15) is 106 Å². The summed E-state index contributed by atoms with van der Waals surface area (Å²) in [6, 6.07) is 0. The van der Waals surface area contributed by atoms with Crippen LogP contribution in [0, 0.1) is 58.2 Å². The normalized spacial score (nSPS) is 46.8. The molecule has 8 atom stereocenters. The summed E-state index contributed by atoms with van der Waals surface area (Å²) in [5, 5.41) is 0. The smallest absolute Gasteiger partial charge is 0.0292 e. The Morgan fingerprint density at radius 1 is 0.577 bits per heavy atom. The Bertz CT molecular complexity index is 495. The van der Waals surface area contributed by atoms with Crippen LogP contribution in [0.5, 0.6) is 0 Å². The third kappa shape index (κ3) is 3.20. The molecule has 0 N–H and O–H groups in total. The molecule has 0 saturated heterocycles. The number of rotatable bonds is 2. The first-order chi connectivity index (χ1) is 12.2. The molecule has 4 aliphatic rings. The van der Waals surface area contributed by atoms with Crippen LogP contribution in [-0.2, 0) is 0 Å². The maximum absolute atomic E-state index is 2.71. The Morgan fingerprint density at radius 3 is 1.81 bits per heavy atom. The van der Waals surface area contributed by atoms with Crippen molar-refractivity contribution in [2.45, 2.75) is 106 Å². The zero-order chi connectivity index (χ0) is 18.7. The highest BCUT2D eigenvalue weighted by atomic mass is 14.6. The first-order valence-corrected chi connectivity index (χ1v) is 12.2. The maximum Gasteiger partial charge on any atom is -0.0292 e. The number of hydrogen-bond acceptors (Lipinski definition) is 0. The Balaban J connectivity index is 1.61.